The summed E-state index contributed by atoms with van der Waals surface area (Å²) in [7, 11) is 0. The fourth-order valence-corrected chi connectivity index (χ4v) is 0.993. The number of aryl methyl sites for hydroxylation is 1. The Kier molecular flexibility index (Phi) is 3.10. The molecule has 0 aliphatic rings. The summed E-state index contributed by atoms with van der Waals surface area (Å²) in [6.07, 6.45) is 2.28. The predicted octanol–water partition coefficient (Wildman–Crippen LogP) is -1.28. The first-order valence-electron chi connectivity index (χ1n) is 4.17. The summed E-state index contributed by atoms with van der Waals surface area (Å²) in [4.78, 5) is 0. The van der Waals surface area contributed by atoms with Crippen molar-refractivity contribution in [3.63, 3.8) is 0 Å². The van der Waals surface area contributed by atoms with Gasteiger partial charge in [0, 0.05) is 19.1 Å². The summed E-state index contributed by atoms with van der Waals surface area (Å²) in [6, 6.07) is -0.00942. The van der Waals surface area contributed by atoms with E-state index in [4.69, 9.17) is 22.9 Å². The summed E-state index contributed by atoms with van der Waals surface area (Å²) in [5.74, 6) is 0.490. The molecule has 0 bridgehead atoms. The molecule has 1 rings (SSSR count). The van der Waals surface area contributed by atoms with Crippen LogP contribution in [-0.4, -0.2) is 22.4 Å². The molecule has 1 unspecified atom stereocenters. The minimum Gasteiger partial charge on any atom is -0.394 e. The van der Waals surface area contributed by atoms with Crippen LogP contribution in [0.4, 0.5) is 11.5 Å². The van der Waals surface area contributed by atoms with Gasteiger partial charge < -0.3 is 22.9 Å². The van der Waals surface area contributed by atoms with E-state index in [0.29, 0.717) is 24.6 Å². The molecular formula is C7H16N6. The molecule has 0 radical (unpaired) electrons. The summed E-state index contributed by atoms with van der Waals surface area (Å²) < 4.78 is 1.63. The summed E-state index contributed by atoms with van der Waals surface area (Å²) in [5.41, 5.74) is 22.7. The van der Waals surface area contributed by atoms with Gasteiger partial charge in [-0.15, -0.1) is 0 Å². The molecule has 0 fully saturated rings. The third-order valence-electron chi connectivity index (χ3n) is 1.92. The van der Waals surface area contributed by atoms with Crippen molar-refractivity contribution in [1.82, 2.24) is 9.78 Å². The molecule has 1 heterocycles. The Labute approximate surface area is 76.9 Å². The van der Waals surface area contributed by atoms with Crippen LogP contribution in [-0.2, 0) is 6.54 Å². The maximum Gasteiger partial charge on any atom is 0.145 e. The molecule has 74 valence electrons. The molecule has 13 heavy (non-hydrogen) atoms. The predicted molar refractivity (Wildman–Crippen MR) is 52.7 cm³/mol. The summed E-state index contributed by atoms with van der Waals surface area (Å²) in [6.45, 7) is 1.12. The second kappa shape index (κ2) is 4.11. The first-order valence-corrected chi connectivity index (χ1v) is 4.17. The van der Waals surface area contributed by atoms with Crippen LogP contribution in [0.5, 0.6) is 0 Å². The number of nitrogens with zero attached hydrogens (tertiary/aromatic N) is 2. The van der Waals surface area contributed by atoms with Crippen molar-refractivity contribution in [3.8, 4) is 0 Å². The Hall–Kier alpha value is -1.27. The number of rotatable bonds is 4. The normalized spacial score (nSPS) is 13.1. The number of anilines is 2. The highest BCUT2D eigenvalue weighted by molar-refractivity contribution is 5.56. The molecule has 0 amide bonds. The van der Waals surface area contributed by atoms with Crippen molar-refractivity contribution in [2.45, 2.75) is 19.0 Å². The molecule has 0 aliphatic heterocycles. The van der Waals surface area contributed by atoms with E-state index >= 15 is 0 Å². The van der Waals surface area contributed by atoms with Crippen molar-refractivity contribution in [2.24, 2.45) is 11.5 Å². The first kappa shape index (κ1) is 9.82. The average molecular weight is 184 g/mol. The molecule has 0 saturated carbocycles. The Balaban J connectivity index is 2.50. The van der Waals surface area contributed by atoms with Gasteiger partial charge in [0.1, 0.15) is 5.82 Å². The fraction of sp³-hybridized carbons (Fsp3) is 0.571. The van der Waals surface area contributed by atoms with Gasteiger partial charge in [-0.3, -0.25) is 0 Å². The van der Waals surface area contributed by atoms with Crippen molar-refractivity contribution >= 4 is 11.5 Å². The van der Waals surface area contributed by atoms with E-state index < -0.39 is 0 Å². The number of hydrogen-bond donors (Lipinski definition) is 4. The van der Waals surface area contributed by atoms with Gasteiger partial charge in [0.05, 0.1) is 11.9 Å². The Morgan fingerprint density at radius 1 is 1.46 bits per heavy atom. The van der Waals surface area contributed by atoms with E-state index in [-0.39, 0.29) is 6.04 Å². The standard InChI is InChI=1S/C7H16N6/c8-3-5(9)1-2-13-7(11)6(10)4-12-13/h4-5H,1-3,8-11H2. The van der Waals surface area contributed by atoms with Crippen molar-refractivity contribution in [1.29, 1.82) is 0 Å². The minimum atomic E-state index is -0.00942. The van der Waals surface area contributed by atoms with Crippen molar-refractivity contribution in [2.75, 3.05) is 18.0 Å². The fourth-order valence-electron chi connectivity index (χ4n) is 0.993. The topological polar surface area (TPSA) is 122 Å². The molecule has 6 nitrogen and oxygen atoms in total. The molecule has 0 spiro atoms. The van der Waals surface area contributed by atoms with Crippen LogP contribution in [0, 0.1) is 0 Å². The smallest absolute Gasteiger partial charge is 0.145 e. The maximum atomic E-state index is 5.64. The molecule has 0 saturated heterocycles. The number of hydrogen-bond acceptors (Lipinski definition) is 5. The molecule has 8 N–H and O–H groups in total. The third kappa shape index (κ3) is 2.33. The van der Waals surface area contributed by atoms with Gasteiger partial charge in [0.15, 0.2) is 0 Å². The lowest BCUT2D eigenvalue weighted by Gasteiger charge is -2.09. The molecular weight excluding hydrogens is 168 g/mol. The minimum absolute atomic E-state index is 0.00942. The van der Waals surface area contributed by atoms with Crippen LogP contribution >= 0.6 is 0 Å². The second-order valence-corrected chi connectivity index (χ2v) is 2.99. The molecule has 0 aromatic carbocycles. The highest BCUT2D eigenvalue weighted by Gasteiger charge is 2.05. The molecule has 1 aromatic rings. The summed E-state index contributed by atoms with van der Waals surface area (Å²) in [5, 5.41) is 3.99. The van der Waals surface area contributed by atoms with Gasteiger partial charge in [-0.25, -0.2) is 4.68 Å². The third-order valence-corrected chi connectivity index (χ3v) is 1.92. The zero-order chi connectivity index (χ0) is 9.84. The van der Waals surface area contributed by atoms with Crippen LogP contribution in [0.3, 0.4) is 0 Å². The zero-order valence-corrected chi connectivity index (χ0v) is 7.48. The second-order valence-electron chi connectivity index (χ2n) is 2.99. The Morgan fingerprint density at radius 2 is 2.15 bits per heavy atom. The van der Waals surface area contributed by atoms with Crippen LogP contribution < -0.4 is 22.9 Å². The molecule has 1 atom stereocenters. The van der Waals surface area contributed by atoms with E-state index in [9.17, 15) is 0 Å². The van der Waals surface area contributed by atoms with Gasteiger partial charge in [0.25, 0.3) is 0 Å². The highest BCUT2D eigenvalue weighted by atomic mass is 15.3. The highest BCUT2D eigenvalue weighted by Crippen LogP contribution is 2.12. The van der Waals surface area contributed by atoms with Gasteiger partial charge >= 0.3 is 0 Å². The lowest BCUT2D eigenvalue weighted by atomic mass is 10.2. The van der Waals surface area contributed by atoms with Crippen LogP contribution in [0.25, 0.3) is 0 Å². The van der Waals surface area contributed by atoms with Crippen LogP contribution in [0.2, 0.25) is 0 Å². The lowest BCUT2D eigenvalue weighted by Crippen LogP contribution is -2.31. The quantitative estimate of drug-likeness (QED) is 0.464. The first-order chi connectivity index (χ1) is 6.15. The van der Waals surface area contributed by atoms with Gasteiger partial charge in [-0.2, -0.15) is 5.10 Å². The average Bonchev–Trinajstić information content (AvgIpc) is 2.44. The summed E-state index contributed by atoms with van der Waals surface area (Å²) >= 11 is 0. The van der Waals surface area contributed by atoms with Crippen molar-refractivity contribution < 1.29 is 0 Å². The SMILES string of the molecule is NCC(N)CCn1ncc(N)c1N. The van der Waals surface area contributed by atoms with E-state index in [1.165, 1.54) is 6.20 Å². The molecule has 6 heteroatoms. The van der Waals surface area contributed by atoms with E-state index in [0.717, 1.165) is 6.42 Å². The van der Waals surface area contributed by atoms with Crippen molar-refractivity contribution in [3.05, 3.63) is 6.20 Å². The van der Waals surface area contributed by atoms with E-state index in [1.54, 1.807) is 4.68 Å². The molecule has 1 aromatic heterocycles. The maximum absolute atomic E-state index is 5.64. The molecule has 0 aliphatic carbocycles. The van der Waals surface area contributed by atoms with Crippen LogP contribution in [0.15, 0.2) is 6.20 Å². The number of aromatic nitrogens is 2. The van der Waals surface area contributed by atoms with E-state index in [1.807, 2.05) is 0 Å². The van der Waals surface area contributed by atoms with Gasteiger partial charge in [-0.1, -0.05) is 0 Å². The van der Waals surface area contributed by atoms with Crippen LogP contribution in [0.1, 0.15) is 6.42 Å². The Bertz CT molecular complexity index is 268. The monoisotopic (exact) mass is 184 g/mol. The van der Waals surface area contributed by atoms with Gasteiger partial charge in [0.2, 0.25) is 0 Å². The lowest BCUT2D eigenvalue weighted by molar-refractivity contribution is 0.519. The van der Waals surface area contributed by atoms with Gasteiger partial charge in [-0.05, 0) is 6.42 Å². The number of nitrogen functional groups attached to an aromatic ring is 2. The zero-order valence-electron chi connectivity index (χ0n) is 7.48. The van der Waals surface area contributed by atoms with E-state index in [2.05, 4.69) is 5.10 Å². The largest absolute Gasteiger partial charge is 0.394 e. The number of nitrogens with two attached hydrogens (primary N) is 4. The Morgan fingerprint density at radius 3 is 2.62 bits per heavy atom.